The second kappa shape index (κ2) is 11.6. The van der Waals surface area contributed by atoms with Crippen LogP contribution >= 0.6 is 0 Å². The molecule has 9 aliphatic rings. The summed E-state index contributed by atoms with van der Waals surface area (Å²) in [6, 6.07) is 0. The summed E-state index contributed by atoms with van der Waals surface area (Å²) in [4.78, 5) is 23.7. The maximum Gasteiger partial charge on any atom is 0.303 e. The number of hydrogen-bond donors (Lipinski definition) is 2. The number of fused-ring (bicyclic) bond motifs is 7. The van der Waals surface area contributed by atoms with Crippen LogP contribution in [0, 0.1) is 70.0 Å². The first-order chi connectivity index (χ1) is 22.3. The predicted octanol–water partition coefficient (Wildman–Crippen LogP) is 7.71. The predicted molar refractivity (Wildman–Crippen MR) is 174 cm³/mol. The number of carbonyl (C=O) groups is 1. The van der Waals surface area contributed by atoms with Gasteiger partial charge in [-0.3, -0.25) is 4.79 Å². The van der Waals surface area contributed by atoms with Gasteiger partial charge < -0.3 is 24.4 Å². The van der Waals surface area contributed by atoms with Gasteiger partial charge in [0.1, 0.15) is 0 Å². The van der Waals surface area contributed by atoms with Crippen molar-refractivity contribution in [1.29, 1.82) is 0 Å². The number of aliphatic hydroxyl groups is 1. The smallest absolute Gasteiger partial charge is 0.303 e. The van der Waals surface area contributed by atoms with E-state index in [4.69, 9.17) is 24.0 Å². The van der Waals surface area contributed by atoms with Crippen LogP contribution in [-0.2, 0) is 28.8 Å². The lowest BCUT2D eigenvalue weighted by molar-refractivity contribution is -0.578. The molecule has 8 nitrogen and oxygen atoms in total. The Morgan fingerprint density at radius 1 is 0.894 bits per heavy atom. The molecule has 9 unspecified atom stereocenters. The summed E-state index contributed by atoms with van der Waals surface area (Å²) >= 11 is 0. The van der Waals surface area contributed by atoms with Crippen molar-refractivity contribution >= 4 is 5.97 Å². The Balaban J connectivity index is 0.956. The minimum Gasteiger partial charge on any atom is -0.481 e. The van der Waals surface area contributed by atoms with Gasteiger partial charge in [0.15, 0.2) is 18.2 Å². The van der Waals surface area contributed by atoms with Crippen LogP contribution in [0.2, 0.25) is 0 Å². The Morgan fingerprint density at radius 2 is 1.68 bits per heavy atom. The first kappa shape index (κ1) is 33.4. The van der Waals surface area contributed by atoms with Crippen molar-refractivity contribution in [2.75, 3.05) is 0 Å². The van der Waals surface area contributed by atoms with Crippen molar-refractivity contribution in [2.24, 2.45) is 70.0 Å². The van der Waals surface area contributed by atoms with Crippen molar-refractivity contribution in [1.82, 2.24) is 0 Å². The van der Waals surface area contributed by atoms with Crippen molar-refractivity contribution in [2.45, 2.75) is 168 Å². The highest BCUT2D eigenvalue weighted by molar-refractivity contribution is 5.66. The largest absolute Gasteiger partial charge is 0.481 e. The highest BCUT2D eigenvalue weighted by atomic mass is 17.3. The summed E-state index contributed by atoms with van der Waals surface area (Å²) in [5, 5.41) is 21.3. The fourth-order valence-electron chi connectivity index (χ4n) is 14.0. The van der Waals surface area contributed by atoms with E-state index in [0.29, 0.717) is 53.8 Å². The third-order valence-corrected chi connectivity index (χ3v) is 16.7. The summed E-state index contributed by atoms with van der Waals surface area (Å²) in [5.41, 5.74) is -0.437. The van der Waals surface area contributed by atoms with E-state index < -0.39 is 23.6 Å². The lowest BCUT2D eigenvalue weighted by Crippen LogP contribution is -2.70. The maximum absolute atomic E-state index is 12.0. The average molecular weight is 659 g/mol. The van der Waals surface area contributed by atoms with E-state index in [1.165, 1.54) is 25.7 Å². The highest BCUT2D eigenvalue weighted by Crippen LogP contribution is 2.69. The third kappa shape index (κ3) is 4.91. The molecule has 4 heterocycles. The molecular weight excluding hydrogens is 596 g/mol. The molecule has 0 aromatic carbocycles. The van der Waals surface area contributed by atoms with Gasteiger partial charge in [0.2, 0.25) is 5.79 Å². The number of aliphatic carboxylic acids is 1. The van der Waals surface area contributed by atoms with Gasteiger partial charge in [-0.2, -0.15) is 0 Å². The Labute approximate surface area is 282 Å². The van der Waals surface area contributed by atoms with Crippen LogP contribution in [-0.4, -0.2) is 52.4 Å². The van der Waals surface area contributed by atoms with Crippen LogP contribution in [0.25, 0.3) is 0 Å². The number of rotatable bonds is 6. The Kier molecular flexibility index (Phi) is 8.26. The topological polar surface area (TPSA) is 104 Å². The van der Waals surface area contributed by atoms with Gasteiger partial charge in [-0.25, -0.2) is 9.78 Å². The van der Waals surface area contributed by atoms with Crippen LogP contribution in [0.4, 0.5) is 0 Å². The molecule has 4 saturated heterocycles. The van der Waals surface area contributed by atoms with Gasteiger partial charge in [0.25, 0.3) is 0 Å². The minimum atomic E-state index is -0.773. The van der Waals surface area contributed by atoms with Crippen molar-refractivity contribution in [3.63, 3.8) is 0 Å². The molecule has 0 radical (unpaired) electrons. The molecule has 9 fully saturated rings. The molecule has 4 aliphatic heterocycles. The molecule has 9 rings (SSSR count). The first-order valence-corrected chi connectivity index (χ1v) is 19.6. The van der Waals surface area contributed by atoms with Crippen molar-refractivity contribution in [3.8, 4) is 0 Å². The minimum absolute atomic E-state index is 0.102. The Bertz CT molecular complexity index is 1210. The number of carboxylic acid groups (broad SMARTS) is 1. The van der Waals surface area contributed by atoms with E-state index in [1.54, 1.807) is 0 Å². The fraction of sp³-hybridized carbons (Fsp3) is 0.974. The van der Waals surface area contributed by atoms with Gasteiger partial charge >= 0.3 is 5.97 Å². The van der Waals surface area contributed by atoms with Crippen LogP contribution < -0.4 is 0 Å². The van der Waals surface area contributed by atoms with E-state index in [1.807, 2.05) is 6.92 Å². The number of ether oxygens (including phenoxy) is 3. The molecule has 2 bridgehead atoms. The number of aliphatic hydroxyl groups excluding tert-OH is 1. The second-order valence-electron chi connectivity index (χ2n) is 18.7. The van der Waals surface area contributed by atoms with Gasteiger partial charge in [0.05, 0.1) is 12.2 Å². The summed E-state index contributed by atoms with van der Waals surface area (Å²) in [6.45, 7) is 13.8. The summed E-state index contributed by atoms with van der Waals surface area (Å²) in [5.74, 6) is 2.97. The molecule has 0 aromatic heterocycles. The van der Waals surface area contributed by atoms with Gasteiger partial charge in [-0.05, 0) is 142 Å². The monoisotopic (exact) mass is 658 g/mol. The molecule has 47 heavy (non-hydrogen) atoms. The van der Waals surface area contributed by atoms with E-state index >= 15 is 0 Å². The molecule has 0 aromatic rings. The molecule has 1 spiro atoms. The molecule has 8 heteroatoms. The lowest BCUT2D eigenvalue weighted by atomic mass is 9.43. The molecule has 5 aliphatic carbocycles. The molecule has 5 saturated carbocycles. The zero-order valence-electron chi connectivity index (χ0n) is 29.8. The van der Waals surface area contributed by atoms with Crippen LogP contribution in [0.3, 0.4) is 0 Å². The SMILES string of the molecule is C[C@H]1C(O[C@@H]2CC[C@@]3(C)C(CCC4C3C[C@H](O)[C@@]3(C)C4CC[C@@H]3[C@H](C)CCC(=O)O)C2)OC2O[C@]3(C)CCC4[C@H](C)CCC1C24OO3. The zero-order chi connectivity index (χ0) is 33.1. The normalized spacial score (nSPS) is 57.2. The lowest BCUT2D eigenvalue weighted by Gasteiger charge is -2.63. The maximum atomic E-state index is 12.0. The Hall–Kier alpha value is -0.770. The number of carboxylic acids is 1. The van der Waals surface area contributed by atoms with Gasteiger partial charge in [0, 0.05) is 24.7 Å². The fourth-order valence-corrected chi connectivity index (χ4v) is 14.0. The van der Waals surface area contributed by atoms with Crippen LogP contribution in [0.15, 0.2) is 0 Å². The summed E-state index contributed by atoms with van der Waals surface area (Å²) < 4.78 is 20.4. The second-order valence-corrected chi connectivity index (χ2v) is 18.7. The quantitative estimate of drug-likeness (QED) is 0.221. The molecule has 266 valence electrons. The molecular formula is C39H62O8. The van der Waals surface area contributed by atoms with Crippen LogP contribution in [0.5, 0.6) is 0 Å². The zero-order valence-corrected chi connectivity index (χ0v) is 29.8. The summed E-state index contributed by atoms with van der Waals surface area (Å²) in [6.07, 6.45) is 13.1. The highest BCUT2D eigenvalue weighted by Gasteiger charge is 2.70. The van der Waals surface area contributed by atoms with E-state index in [2.05, 4.69) is 34.6 Å². The van der Waals surface area contributed by atoms with E-state index in [9.17, 15) is 15.0 Å². The van der Waals surface area contributed by atoms with Gasteiger partial charge in [-0.15, -0.1) is 0 Å². The van der Waals surface area contributed by atoms with E-state index in [-0.39, 0.29) is 47.6 Å². The molecule has 0 amide bonds. The third-order valence-electron chi connectivity index (χ3n) is 16.7. The molecule has 2 N–H and O–H groups in total. The van der Waals surface area contributed by atoms with Gasteiger partial charge in [-0.1, -0.05) is 34.6 Å². The standard InChI is InChI=1S/C39H62O8/c1-21(8-14-33(41)42)27-12-13-30-26-10-9-24-19-25(15-17-36(24,4)31(26)20-32(40)38(27,30)6)43-34-23(3)29-11-7-22(2)28-16-18-37(5)45-35(44-34)39(28,29)47-46-37/h21-32,34-35,40H,7-20H2,1-6H3,(H,41,42)/t21-,22-,23-,24?,25-,26?,27-,28?,29?,30?,31?,32+,34?,35?,36+,37+,38-,39?/m1/s1. The van der Waals surface area contributed by atoms with Crippen LogP contribution in [0.1, 0.15) is 131 Å². The summed E-state index contributed by atoms with van der Waals surface area (Å²) in [7, 11) is 0. The molecule has 18 atom stereocenters. The Morgan fingerprint density at radius 3 is 2.47 bits per heavy atom. The van der Waals surface area contributed by atoms with Crippen molar-refractivity contribution in [3.05, 3.63) is 0 Å². The van der Waals surface area contributed by atoms with E-state index in [0.717, 1.165) is 51.4 Å². The number of hydrogen-bond acceptors (Lipinski definition) is 7. The van der Waals surface area contributed by atoms with Crippen molar-refractivity contribution < 1.29 is 39.0 Å². The first-order valence-electron chi connectivity index (χ1n) is 19.6. The average Bonchev–Trinajstić information content (AvgIpc) is 3.24.